The van der Waals surface area contributed by atoms with E-state index in [0.29, 0.717) is 17.5 Å². The van der Waals surface area contributed by atoms with E-state index >= 15 is 0 Å². The molecule has 0 bridgehead atoms. The molecule has 0 spiro atoms. The van der Waals surface area contributed by atoms with Crippen LogP contribution in [0.2, 0.25) is 0 Å². The van der Waals surface area contributed by atoms with Crippen LogP contribution in [0.5, 0.6) is 0 Å². The SMILES string of the molecule is c1ccc(-c2ccccc2-c2nc(-c3ccc(-c4ccc(-c5c6ccccc6cc6c5ccc5ccccc56)cc4)cc3)nc(-c3ccccc3-c3ccc4ccccc4c3)n2)cc1. The fourth-order valence-corrected chi connectivity index (χ4v) is 9.35. The number of fused-ring (bicyclic) bond motifs is 5. The van der Waals surface area contributed by atoms with Crippen LogP contribution in [-0.2, 0) is 0 Å². The predicted molar refractivity (Wildman–Crippen MR) is 268 cm³/mol. The van der Waals surface area contributed by atoms with E-state index in [9.17, 15) is 0 Å². The van der Waals surface area contributed by atoms with Crippen LogP contribution in [0.25, 0.3) is 122 Å². The maximum absolute atomic E-state index is 5.26. The summed E-state index contributed by atoms with van der Waals surface area (Å²) in [6, 6.07) is 84.2. The molecule has 0 amide bonds. The Kier molecular flexibility index (Phi) is 9.16. The van der Waals surface area contributed by atoms with Gasteiger partial charge in [-0.15, -0.1) is 0 Å². The van der Waals surface area contributed by atoms with Gasteiger partial charge in [0.1, 0.15) is 0 Å². The lowest BCUT2D eigenvalue weighted by Crippen LogP contribution is -2.02. The fourth-order valence-electron chi connectivity index (χ4n) is 9.35. The molecule has 11 aromatic carbocycles. The standard InChI is InChI=1S/C61H39N3/c1-2-15-43(16-3-1)50-20-10-12-24-55(50)60-62-59(63-61(64-60)56-25-13-11-22-52(56)49-35-30-40-14-4-5-18-47(40)38-49)46-33-28-42(29-34-46)41-26-31-45(32-27-41)58-53-23-9-7-19-48(53)39-57-51-21-8-6-17-44(51)36-37-54(57)58/h1-39H. The maximum atomic E-state index is 5.26. The summed E-state index contributed by atoms with van der Waals surface area (Å²) in [4.78, 5) is 15.7. The molecule has 64 heavy (non-hydrogen) atoms. The minimum absolute atomic E-state index is 0.619. The highest BCUT2D eigenvalue weighted by atomic mass is 15.0. The van der Waals surface area contributed by atoms with Crippen molar-refractivity contribution in [2.45, 2.75) is 0 Å². The summed E-state index contributed by atoms with van der Waals surface area (Å²) in [5, 5.41) is 9.95. The van der Waals surface area contributed by atoms with Gasteiger partial charge in [-0.2, -0.15) is 0 Å². The van der Waals surface area contributed by atoms with E-state index in [4.69, 9.17) is 15.0 Å². The van der Waals surface area contributed by atoms with E-state index in [0.717, 1.165) is 50.1 Å². The smallest absolute Gasteiger partial charge is 0.164 e. The molecule has 1 heterocycles. The van der Waals surface area contributed by atoms with Crippen LogP contribution in [0.4, 0.5) is 0 Å². The molecule has 12 aromatic rings. The average molecular weight is 814 g/mol. The number of hydrogen-bond donors (Lipinski definition) is 0. The molecule has 1 aromatic heterocycles. The van der Waals surface area contributed by atoms with Gasteiger partial charge in [-0.05, 0) is 99.7 Å². The molecule has 0 atom stereocenters. The molecule has 0 saturated carbocycles. The molecule has 0 fully saturated rings. The van der Waals surface area contributed by atoms with Crippen LogP contribution < -0.4 is 0 Å². The van der Waals surface area contributed by atoms with Crippen molar-refractivity contribution in [2.24, 2.45) is 0 Å². The molecule has 3 nitrogen and oxygen atoms in total. The van der Waals surface area contributed by atoms with E-state index in [2.05, 4.69) is 231 Å². The maximum Gasteiger partial charge on any atom is 0.164 e. The lowest BCUT2D eigenvalue weighted by molar-refractivity contribution is 1.07. The number of nitrogens with zero attached hydrogens (tertiary/aromatic N) is 3. The first kappa shape index (κ1) is 37.2. The van der Waals surface area contributed by atoms with Crippen molar-refractivity contribution in [1.29, 1.82) is 0 Å². The van der Waals surface area contributed by atoms with E-state index in [-0.39, 0.29) is 0 Å². The Morgan fingerprint density at radius 3 is 1.36 bits per heavy atom. The normalized spacial score (nSPS) is 11.4. The Bertz CT molecular complexity index is 3710. The van der Waals surface area contributed by atoms with Gasteiger partial charge in [0.25, 0.3) is 0 Å². The summed E-state index contributed by atoms with van der Waals surface area (Å²) in [6.07, 6.45) is 0. The second kappa shape index (κ2) is 15.7. The molecule has 298 valence electrons. The van der Waals surface area contributed by atoms with Crippen LogP contribution in [-0.4, -0.2) is 15.0 Å². The van der Waals surface area contributed by atoms with E-state index in [1.165, 1.54) is 54.2 Å². The van der Waals surface area contributed by atoms with Gasteiger partial charge in [0.15, 0.2) is 17.5 Å². The molecule has 0 unspecified atom stereocenters. The first-order valence-corrected chi connectivity index (χ1v) is 21.8. The van der Waals surface area contributed by atoms with Crippen LogP contribution in [0.3, 0.4) is 0 Å². The second-order valence-electron chi connectivity index (χ2n) is 16.3. The van der Waals surface area contributed by atoms with Crippen molar-refractivity contribution in [3.8, 4) is 78.7 Å². The van der Waals surface area contributed by atoms with Gasteiger partial charge in [0.05, 0.1) is 0 Å². The van der Waals surface area contributed by atoms with Crippen molar-refractivity contribution in [3.63, 3.8) is 0 Å². The van der Waals surface area contributed by atoms with E-state index in [1.54, 1.807) is 0 Å². The van der Waals surface area contributed by atoms with Crippen molar-refractivity contribution >= 4 is 43.1 Å². The van der Waals surface area contributed by atoms with Gasteiger partial charge in [-0.3, -0.25) is 0 Å². The number of aromatic nitrogens is 3. The molecule has 0 saturated heterocycles. The Balaban J connectivity index is 0.950. The Morgan fingerprint density at radius 2 is 0.672 bits per heavy atom. The topological polar surface area (TPSA) is 38.7 Å². The highest BCUT2D eigenvalue weighted by molar-refractivity contribution is 6.20. The Hall–Kier alpha value is -8.53. The van der Waals surface area contributed by atoms with Gasteiger partial charge < -0.3 is 0 Å². The highest BCUT2D eigenvalue weighted by Crippen LogP contribution is 2.41. The molecular formula is C61H39N3. The van der Waals surface area contributed by atoms with Crippen molar-refractivity contribution in [3.05, 3.63) is 237 Å². The molecule has 3 heteroatoms. The van der Waals surface area contributed by atoms with Crippen molar-refractivity contribution in [1.82, 2.24) is 15.0 Å². The molecule has 12 rings (SSSR count). The number of benzene rings is 11. The largest absolute Gasteiger partial charge is 0.208 e. The van der Waals surface area contributed by atoms with Gasteiger partial charge in [-0.25, -0.2) is 15.0 Å². The summed E-state index contributed by atoms with van der Waals surface area (Å²) in [5.41, 5.74) is 11.9. The van der Waals surface area contributed by atoms with E-state index in [1.807, 2.05) is 6.07 Å². The fraction of sp³-hybridized carbons (Fsp3) is 0. The molecule has 0 N–H and O–H groups in total. The highest BCUT2D eigenvalue weighted by Gasteiger charge is 2.19. The lowest BCUT2D eigenvalue weighted by Gasteiger charge is -2.15. The predicted octanol–water partition coefficient (Wildman–Crippen LogP) is 16.2. The van der Waals surface area contributed by atoms with Crippen LogP contribution in [0, 0.1) is 0 Å². The third kappa shape index (κ3) is 6.68. The quantitative estimate of drug-likeness (QED) is 0.119. The molecule has 0 aliphatic heterocycles. The van der Waals surface area contributed by atoms with Crippen molar-refractivity contribution in [2.75, 3.05) is 0 Å². The zero-order valence-electron chi connectivity index (χ0n) is 34.9. The van der Waals surface area contributed by atoms with E-state index < -0.39 is 0 Å². The first-order valence-electron chi connectivity index (χ1n) is 21.8. The minimum atomic E-state index is 0.619. The first-order chi connectivity index (χ1) is 31.7. The second-order valence-corrected chi connectivity index (χ2v) is 16.3. The van der Waals surface area contributed by atoms with Crippen LogP contribution in [0.1, 0.15) is 0 Å². The Morgan fingerprint density at radius 1 is 0.203 bits per heavy atom. The summed E-state index contributed by atoms with van der Waals surface area (Å²) >= 11 is 0. The number of hydrogen-bond acceptors (Lipinski definition) is 3. The van der Waals surface area contributed by atoms with Gasteiger partial charge in [0.2, 0.25) is 0 Å². The zero-order chi connectivity index (χ0) is 42.4. The summed E-state index contributed by atoms with van der Waals surface area (Å²) in [5.74, 6) is 1.87. The monoisotopic (exact) mass is 813 g/mol. The molecule has 0 aliphatic carbocycles. The molecular weight excluding hydrogens is 775 g/mol. The summed E-state index contributed by atoms with van der Waals surface area (Å²) < 4.78 is 0. The minimum Gasteiger partial charge on any atom is -0.208 e. The Labute approximate surface area is 371 Å². The van der Waals surface area contributed by atoms with Gasteiger partial charge in [0, 0.05) is 16.7 Å². The summed E-state index contributed by atoms with van der Waals surface area (Å²) in [6.45, 7) is 0. The lowest BCUT2D eigenvalue weighted by atomic mass is 9.89. The van der Waals surface area contributed by atoms with Crippen LogP contribution >= 0.6 is 0 Å². The number of rotatable bonds is 7. The van der Waals surface area contributed by atoms with Gasteiger partial charge in [-0.1, -0.05) is 224 Å². The van der Waals surface area contributed by atoms with Crippen LogP contribution in [0.15, 0.2) is 237 Å². The summed E-state index contributed by atoms with van der Waals surface area (Å²) in [7, 11) is 0. The van der Waals surface area contributed by atoms with Crippen molar-refractivity contribution < 1.29 is 0 Å². The molecule has 0 radical (unpaired) electrons. The average Bonchev–Trinajstić information content (AvgIpc) is 3.38. The van der Waals surface area contributed by atoms with Gasteiger partial charge >= 0.3 is 0 Å². The third-order valence-electron chi connectivity index (χ3n) is 12.5. The molecule has 0 aliphatic rings. The third-order valence-corrected chi connectivity index (χ3v) is 12.5. The zero-order valence-corrected chi connectivity index (χ0v) is 34.9.